The number of carbonyl (C=O) groups is 1. The summed E-state index contributed by atoms with van der Waals surface area (Å²) in [5.74, 6) is -1.28. The number of halogens is 3. The van der Waals surface area contributed by atoms with Crippen LogP contribution in [0.3, 0.4) is 0 Å². The number of nitrogens with two attached hydrogens (primary N) is 2. The van der Waals surface area contributed by atoms with Gasteiger partial charge in [0.2, 0.25) is 0 Å². The van der Waals surface area contributed by atoms with Crippen LogP contribution in [0.5, 0.6) is 5.75 Å². The third-order valence-electron chi connectivity index (χ3n) is 4.49. The first-order valence-corrected chi connectivity index (χ1v) is 8.59. The lowest BCUT2D eigenvalue weighted by atomic mass is 9.98. The fourth-order valence-corrected chi connectivity index (χ4v) is 3.08. The fourth-order valence-electron chi connectivity index (χ4n) is 3.08. The smallest absolute Gasteiger partial charge is 0.406 e. The van der Waals surface area contributed by atoms with Crippen molar-refractivity contribution in [3.63, 3.8) is 0 Å². The maximum Gasteiger partial charge on any atom is 0.573 e. The number of nitro groups is 1. The van der Waals surface area contributed by atoms with Gasteiger partial charge in [0.25, 0.3) is 11.6 Å². The molecule has 0 unspecified atom stereocenters. The van der Waals surface area contributed by atoms with Crippen LogP contribution >= 0.6 is 0 Å². The highest BCUT2D eigenvalue weighted by Gasteiger charge is 2.33. The Labute approximate surface area is 167 Å². The molecule has 158 valence electrons. The molecule has 12 heteroatoms. The molecule has 1 aromatic heterocycles. The van der Waals surface area contributed by atoms with Gasteiger partial charge in [-0.1, -0.05) is 6.08 Å². The van der Waals surface area contributed by atoms with Crippen molar-refractivity contribution in [3.05, 3.63) is 57.8 Å². The van der Waals surface area contributed by atoms with E-state index in [9.17, 15) is 28.1 Å². The van der Waals surface area contributed by atoms with Gasteiger partial charge in [-0.05, 0) is 30.2 Å². The normalized spacial score (nSPS) is 14.2. The second-order valence-electron chi connectivity index (χ2n) is 6.37. The van der Waals surface area contributed by atoms with E-state index in [0.717, 1.165) is 17.7 Å². The third kappa shape index (κ3) is 4.42. The Hall–Kier alpha value is -3.83. The molecule has 0 fully saturated rings. The SMILES string of the molecule is Nc1nccc(C2=CCN(C(=O)c3ccc(OC(F)(F)F)cc3[N+](=O)[O-])CC2)c1N. The highest BCUT2D eigenvalue weighted by atomic mass is 19.4. The van der Waals surface area contributed by atoms with Crippen molar-refractivity contribution in [1.29, 1.82) is 0 Å². The molecule has 3 rings (SSSR count). The zero-order valence-corrected chi connectivity index (χ0v) is 15.3. The average Bonchev–Trinajstić information content (AvgIpc) is 2.68. The van der Waals surface area contributed by atoms with Crippen LogP contribution in [0, 0.1) is 10.1 Å². The molecule has 0 atom stereocenters. The Morgan fingerprint density at radius 1 is 1.27 bits per heavy atom. The van der Waals surface area contributed by atoms with Gasteiger partial charge in [-0.25, -0.2) is 4.98 Å². The zero-order chi connectivity index (χ0) is 22.1. The van der Waals surface area contributed by atoms with Crippen LogP contribution in [0.4, 0.5) is 30.4 Å². The summed E-state index contributed by atoms with van der Waals surface area (Å²) in [6.07, 6.45) is -1.36. The summed E-state index contributed by atoms with van der Waals surface area (Å²) >= 11 is 0. The minimum Gasteiger partial charge on any atom is -0.406 e. The van der Waals surface area contributed by atoms with E-state index in [1.165, 1.54) is 11.1 Å². The maximum atomic E-state index is 12.8. The van der Waals surface area contributed by atoms with Gasteiger partial charge >= 0.3 is 6.36 Å². The quantitative estimate of drug-likeness (QED) is 0.569. The summed E-state index contributed by atoms with van der Waals surface area (Å²) in [6.45, 7) is 0.359. The number of benzene rings is 1. The summed E-state index contributed by atoms with van der Waals surface area (Å²) in [7, 11) is 0. The van der Waals surface area contributed by atoms with Gasteiger partial charge in [-0.15, -0.1) is 13.2 Å². The first-order chi connectivity index (χ1) is 14.1. The summed E-state index contributed by atoms with van der Waals surface area (Å²) < 4.78 is 40.8. The largest absolute Gasteiger partial charge is 0.573 e. The maximum absolute atomic E-state index is 12.8. The van der Waals surface area contributed by atoms with Gasteiger partial charge in [0, 0.05) is 24.8 Å². The van der Waals surface area contributed by atoms with Gasteiger partial charge in [0.15, 0.2) is 0 Å². The Bertz CT molecular complexity index is 1040. The lowest BCUT2D eigenvalue weighted by Gasteiger charge is -2.27. The number of nitrogen functional groups attached to an aromatic ring is 2. The van der Waals surface area contributed by atoms with Crippen LogP contribution in [0.1, 0.15) is 22.3 Å². The number of pyridine rings is 1. The number of carbonyl (C=O) groups excluding carboxylic acids is 1. The van der Waals surface area contributed by atoms with Gasteiger partial charge in [-0.2, -0.15) is 0 Å². The fraction of sp³-hybridized carbons (Fsp3) is 0.222. The molecule has 0 bridgehead atoms. The van der Waals surface area contributed by atoms with Crippen molar-refractivity contribution in [2.24, 2.45) is 0 Å². The number of hydrogen-bond acceptors (Lipinski definition) is 7. The van der Waals surface area contributed by atoms with Crippen molar-refractivity contribution in [2.45, 2.75) is 12.8 Å². The van der Waals surface area contributed by atoms with Crippen molar-refractivity contribution in [2.75, 3.05) is 24.6 Å². The van der Waals surface area contributed by atoms with Crippen LogP contribution in [0.15, 0.2) is 36.5 Å². The number of aromatic nitrogens is 1. The molecule has 9 nitrogen and oxygen atoms in total. The number of nitro benzene ring substituents is 1. The van der Waals surface area contributed by atoms with E-state index in [-0.39, 0.29) is 24.5 Å². The van der Waals surface area contributed by atoms with Crippen molar-refractivity contribution in [3.8, 4) is 5.75 Å². The number of amides is 1. The summed E-state index contributed by atoms with van der Waals surface area (Å²) in [4.78, 5) is 28.4. The third-order valence-corrected chi connectivity index (χ3v) is 4.49. The standard InChI is InChI=1S/C18H16F3N5O4/c19-18(20,21)30-11-1-2-13(14(9-11)26(28)29)17(27)25-7-4-10(5-8-25)12-3-6-24-16(23)15(12)22/h1-4,6,9H,5,7-8,22H2,(H2,23,24). The Morgan fingerprint density at radius 3 is 2.60 bits per heavy atom. The number of anilines is 2. The highest BCUT2D eigenvalue weighted by Crippen LogP contribution is 2.32. The average molecular weight is 423 g/mol. The van der Waals surface area contributed by atoms with E-state index in [4.69, 9.17) is 11.5 Å². The number of hydrogen-bond donors (Lipinski definition) is 2. The molecule has 4 N–H and O–H groups in total. The molecule has 0 saturated carbocycles. The molecule has 1 amide bonds. The Kier molecular flexibility index (Phi) is 5.49. The monoisotopic (exact) mass is 423 g/mol. The molecule has 1 aliphatic rings. The molecule has 2 aromatic rings. The highest BCUT2D eigenvalue weighted by molar-refractivity contribution is 5.99. The lowest BCUT2D eigenvalue weighted by Crippen LogP contribution is -2.35. The number of alkyl halides is 3. The van der Waals surface area contributed by atoms with Crippen LogP contribution in [-0.4, -0.2) is 40.2 Å². The molecule has 0 spiro atoms. The van der Waals surface area contributed by atoms with E-state index in [2.05, 4.69) is 9.72 Å². The van der Waals surface area contributed by atoms with Crippen molar-refractivity contribution in [1.82, 2.24) is 9.88 Å². The predicted molar refractivity (Wildman–Crippen MR) is 101 cm³/mol. The van der Waals surface area contributed by atoms with Gasteiger partial charge in [0.05, 0.1) is 16.7 Å². The molecular weight excluding hydrogens is 407 g/mol. The molecule has 0 radical (unpaired) electrons. The van der Waals surface area contributed by atoms with Crippen LogP contribution in [-0.2, 0) is 0 Å². The predicted octanol–water partition coefficient (Wildman–Crippen LogP) is 2.98. The molecular formula is C18H16F3N5O4. The number of nitrogens with zero attached hydrogens (tertiary/aromatic N) is 3. The van der Waals surface area contributed by atoms with E-state index in [1.54, 1.807) is 12.1 Å². The number of ether oxygens (including phenoxy) is 1. The summed E-state index contributed by atoms with van der Waals surface area (Å²) in [6, 6.07) is 4.08. The molecule has 0 aliphatic carbocycles. The molecule has 1 aliphatic heterocycles. The Morgan fingerprint density at radius 2 is 2.00 bits per heavy atom. The second-order valence-corrected chi connectivity index (χ2v) is 6.37. The lowest BCUT2D eigenvalue weighted by molar-refractivity contribution is -0.385. The first kappa shape index (κ1) is 20.9. The molecule has 30 heavy (non-hydrogen) atoms. The second kappa shape index (κ2) is 7.89. The summed E-state index contributed by atoms with van der Waals surface area (Å²) in [5, 5.41) is 11.3. The minimum absolute atomic E-state index is 0.133. The van der Waals surface area contributed by atoms with Crippen LogP contribution in [0.2, 0.25) is 0 Å². The van der Waals surface area contributed by atoms with E-state index >= 15 is 0 Å². The molecule has 2 heterocycles. The van der Waals surface area contributed by atoms with Crippen molar-refractivity contribution < 1.29 is 27.6 Å². The van der Waals surface area contributed by atoms with Gasteiger partial charge in [-0.3, -0.25) is 14.9 Å². The zero-order valence-electron chi connectivity index (χ0n) is 15.3. The molecule has 0 saturated heterocycles. The van der Waals surface area contributed by atoms with E-state index < -0.39 is 28.6 Å². The van der Waals surface area contributed by atoms with Gasteiger partial charge < -0.3 is 21.1 Å². The van der Waals surface area contributed by atoms with Crippen molar-refractivity contribution >= 4 is 28.7 Å². The molecule has 1 aromatic carbocycles. The van der Waals surface area contributed by atoms with E-state index in [1.807, 2.05) is 0 Å². The number of rotatable bonds is 4. The summed E-state index contributed by atoms with van der Waals surface area (Å²) in [5.41, 5.74) is 12.4. The minimum atomic E-state index is -5.01. The van der Waals surface area contributed by atoms with Crippen LogP contribution < -0.4 is 16.2 Å². The van der Waals surface area contributed by atoms with E-state index in [0.29, 0.717) is 23.7 Å². The first-order valence-electron chi connectivity index (χ1n) is 8.59. The van der Waals surface area contributed by atoms with Crippen LogP contribution in [0.25, 0.3) is 5.57 Å². The Balaban J connectivity index is 1.83. The topological polar surface area (TPSA) is 138 Å². The van der Waals surface area contributed by atoms with Gasteiger partial charge in [0.1, 0.15) is 17.1 Å².